The molecule has 0 aliphatic carbocycles. The van der Waals surface area contributed by atoms with E-state index in [9.17, 15) is 4.79 Å². The molecule has 0 bridgehead atoms. The van der Waals surface area contributed by atoms with Gasteiger partial charge >= 0.3 is 0 Å². The molecule has 0 spiro atoms. The van der Waals surface area contributed by atoms with Crippen molar-refractivity contribution in [2.24, 2.45) is 0 Å². The summed E-state index contributed by atoms with van der Waals surface area (Å²) in [6.07, 6.45) is 2.97. The Morgan fingerprint density at radius 1 is 1.41 bits per heavy atom. The van der Waals surface area contributed by atoms with Crippen molar-refractivity contribution in [1.29, 1.82) is 0 Å². The molecule has 1 amide bonds. The highest BCUT2D eigenvalue weighted by molar-refractivity contribution is 7.98. The van der Waals surface area contributed by atoms with E-state index in [0.29, 0.717) is 0 Å². The second-order valence-corrected chi connectivity index (χ2v) is 4.73. The first-order chi connectivity index (χ1) is 8.20. The number of carbonyl (C=O) groups is 1. The third kappa shape index (κ3) is 4.06. The molecule has 94 valence electrons. The average molecular weight is 252 g/mol. The maximum Gasteiger partial charge on any atom is 0.254 e. The summed E-state index contributed by atoms with van der Waals surface area (Å²) in [6.45, 7) is 1.71. The number of rotatable bonds is 6. The molecule has 0 heterocycles. The van der Waals surface area contributed by atoms with Gasteiger partial charge in [-0.1, -0.05) is 12.1 Å². The van der Waals surface area contributed by atoms with Gasteiger partial charge in [0.1, 0.15) is 0 Å². The van der Waals surface area contributed by atoms with Crippen molar-refractivity contribution >= 4 is 17.7 Å². The molecule has 0 fully saturated rings. The summed E-state index contributed by atoms with van der Waals surface area (Å²) < 4.78 is 0. The number of thioether (sulfide) groups is 1. The van der Waals surface area contributed by atoms with E-state index in [1.54, 1.807) is 16.7 Å². The van der Waals surface area contributed by atoms with Gasteiger partial charge in [-0.2, -0.15) is 0 Å². The molecule has 1 N–H and O–H groups in total. The minimum atomic E-state index is 0.103. The first kappa shape index (κ1) is 14.1. The van der Waals surface area contributed by atoms with Crippen molar-refractivity contribution in [2.45, 2.75) is 11.3 Å². The van der Waals surface area contributed by atoms with Crippen LogP contribution in [0.4, 0.5) is 0 Å². The topological polar surface area (TPSA) is 32.3 Å². The summed E-state index contributed by atoms with van der Waals surface area (Å²) in [4.78, 5) is 15.0. The Kier molecular flexibility index (Phi) is 6.08. The number of hydrogen-bond donors (Lipinski definition) is 1. The van der Waals surface area contributed by atoms with Crippen molar-refractivity contribution in [1.82, 2.24) is 10.2 Å². The molecule has 0 unspecified atom stereocenters. The molecule has 1 aromatic rings. The normalized spacial score (nSPS) is 10.3. The van der Waals surface area contributed by atoms with E-state index in [1.807, 2.05) is 44.6 Å². The molecule has 0 saturated heterocycles. The quantitative estimate of drug-likeness (QED) is 0.621. The zero-order valence-corrected chi connectivity index (χ0v) is 11.5. The van der Waals surface area contributed by atoms with Crippen molar-refractivity contribution in [2.75, 3.05) is 33.4 Å². The zero-order valence-electron chi connectivity index (χ0n) is 10.7. The van der Waals surface area contributed by atoms with Gasteiger partial charge in [0.05, 0.1) is 5.56 Å². The van der Waals surface area contributed by atoms with Crippen LogP contribution in [0.15, 0.2) is 29.2 Å². The Labute approximate surface area is 108 Å². The molecule has 0 atom stereocenters. The number of carbonyl (C=O) groups excluding carboxylic acids is 1. The summed E-state index contributed by atoms with van der Waals surface area (Å²) in [6, 6.07) is 7.75. The highest BCUT2D eigenvalue weighted by Crippen LogP contribution is 2.20. The lowest BCUT2D eigenvalue weighted by atomic mass is 10.2. The molecule has 0 aliphatic heterocycles. The van der Waals surface area contributed by atoms with Gasteiger partial charge in [0.15, 0.2) is 0 Å². The minimum Gasteiger partial charge on any atom is -0.342 e. The summed E-state index contributed by atoms with van der Waals surface area (Å²) in [5.41, 5.74) is 0.798. The Balaban J connectivity index is 2.67. The summed E-state index contributed by atoms with van der Waals surface area (Å²) >= 11 is 1.61. The van der Waals surface area contributed by atoms with Crippen molar-refractivity contribution in [3.8, 4) is 0 Å². The third-order valence-corrected chi connectivity index (χ3v) is 3.40. The number of hydrogen-bond acceptors (Lipinski definition) is 3. The van der Waals surface area contributed by atoms with Gasteiger partial charge in [0.2, 0.25) is 0 Å². The molecule has 0 saturated carbocycles. The van der Waals surface area contributed by atoms with Crippen LogP contribution < -0.4 is 5.32 Å². The van der Waals surface area contributed by atoms with Crippen LogP contribution >= 0.6 is 11.8 Å². The summed E-state index contributed by atoms with van der Waals surface area (Å²) in [7, 11) is 3.78. The lowest BCUT2D eigenvalue weighted by Gasteiger charge is -2.18. The Morgan fingerprint density at radius 2 is 2.12 bits per heavy atom. The minimum absolute atomic E-state index is 0.103. The Hall–Kier alpha value is -1.00. The third-order valence-electron chi connectivity index (χ3n) is 2.60. The number of amides is 1. The van der Waals surface area contributed by atoms with Crippen LogP contribution in [0.1, 0.15) is 16.8 Å². The molecule has 4 heteroatoms. The van der Waals surface area contributed by atoms with Crippen LogP contribution in [-0.2, 0) is 0 Å². The molecule has 1 aromatic carbocycles. The summed E-state index contributed by atoms with van der Waals surface area (Å²) in [5, 5.41) is 3.08. The smallest absolute Gasteiger partial charge is 0.254 e. The van der Waals surface area contributed by atoms with Crippen LogP contribution in [0.25, 0.3) is 0 Å². The van der Waals surface area contributed by atoms with Crippen LogP contribution in [0, 0.1) is 0 Å². The lowest BCUT2D eigenvalue weighted by Crippen LogP contribution is -2.29. The van der Waals surface area contributed by atoms with Gasteiger partial charge in [0.25, 0.3) is 5.91 Å². The predicted molar refractivity (Wildman–Crippen MR) is 73.7 cm³/mol. The highest BCUT2D eigenvalue weighted by atomic mass is 32.2. The predicted octanol–water partition coefficient (Wildman–Crippen LogP) is 2.09. The van der Waals surface area contributed by atoms with E-state index in [-0.39, 0.29) is 5.91 Å². The second kappa shape index (κ2) is 7.35. The number of benzene rings is 1. The molecule has 0 aromatic heterocycles. The molecular weight excluding hydrogens is 232 g/mol. The maximum absolute atomic E-state index is 12.2. The van der Waals surface area contributed by atoms with Crippen molar-refractivity contribution in [3.05, 3.63) is 29.8 Å². The van der Waals surface area contributed by atoms with E-state index in [1.165, 1.54) is 0 Å². The van der Waals surface area contributed by atoms with Crippen molar-refractivity contribution in [3.63, 3.8) is 0 Å². The maximum atomic E-state index is 12.2. The van der Waals surface area contributed by atoms with Crippen molar-refractivity contribution < 1.29 is 4.79 Å². The van der Waals surface area contributed by atoms with E-state index < -0.39 is 0 Å². The van der Waals surface area contributed by atoms with Crippen LogP contribution in [0.2, 0.25) is 0 Å². The average Bonchev–Trinajstić information content (AvgIpc) is 2.38. The van der Waals surface area contributed by atoms with Gasteiger partial charge in [-0.25, -0.2) is 0 Å². The summed E-state index contributed by atoms with van der Waals surface area (Å²) in [5.74, 6) is 0.103. The lowest BCUT2D eigenvalue weighted by molar-refractivity contribution is 0.0790. The van der Waals surface area contributed by atoms with Gasteiger partial charge < -0.3 is 10.2 Å². The second-order valence-electron chi connectivity index (χ2n) is 3.88. The number of nitrogens with zero attached hydrogens (tertiary/aromatic N) is 1. The first-order valence-electron chi connectivity index (χ1n) is 5.73. The van der Waals surface area contributed by atoms with E-state index >= 15 is 0 Å². The van der Waals surface area contributed by atoms with Gasteiger partial charge in [-0.3, -0.25) is 4.79 Å². The highest BCUT2D eigenvalue weighted by Gasteiger charge is 2.14. The SMILES string of the molecule is CNCCCN(C)C(=O)c1ccccc1SC. The van der Waals surface area contributed by atoms with Gasteiger partial charge in [0, 0.05) is 18.5 Å². The molecule has 0 aliphatic rings. The van der Waals surface area contributed by atoms with Gasteiger partial charge in [-0.15, -0.1) is 11.8 Å². The van der Waals surface area contributed by atoms with Crippen LogP contribution in [0.5, 0.6) is 0 Å². The van der Waals surface area contributed by atoms with E-state index in [0.717, 1.165) is 30.0 Å². The Morgan fingerprint density at radius 3 is 2.76 bits per heavy atom. The number of nitrogens with one attached hydrogen (secondary N) is 1. The molecule has 3 nitrogen and oxygen atoms in total. The Bertz CT molecular complexity index is 368. The largest absolute Gasteiger partial charge is 0.342 e. The molecule has 17 heavy (non-hydrogen) atoms. The van der Waals surface area contributed by atoms with Gasteiger partial charge in [-0.05, 0) is 38.4 Å². The molecule has 1 rings (SSSR count). The molecular formula is C13H20N2OS. The fourth-order valence-corrected chi connectivity index (χ4v) is 2.21. The van der Waals surface area contributed by atoms with Crippen LogP contribution in [0.3, 0.4) is 0 Å². The molecule has 0 radical (unpaired) electrons. The first-order valence-corrected chi connectivity index (χ1v) is 6.96. The standard InChI is InChI=1S/C13H20N2OS/c1-14-9-6-10-15(2)13(16)11-7-4-5-8-12(11)17-3/h4-5,7-8,14H,6,9-10H2,1-3H3. The fourth-order valence-electron chi connectivity index (χ4n) is 1.62. The van der Waals surface area contributed by atoms with Crippen LogP contribution in [-0.4, -0.2) is 44.2 Å². The monoisotopic (exact) mass is 252 g/mol. The van der Waals surface area contributed by atoms with E-state index in [2.05, 4.69) is 5.32 Å². The zero-order chi connectivity index (χ0) is 12.7. The fraction of sp³-hybridized carbons (Fsp3) is 0.462. The van der Waals surface area contributed by atoms with E-state index in [4.69, 9.17) is 0 Å².